The van der Waals surface area contributed by atoms with Crippen molar-refractivity contribution in [2.45, 2.75) is 18.6 Å². The predicted octanol–water partition coefficient (Wildman–Crippen LogP) is 1.85. The Morgan fingerprint density at radius 3 is 2.43 bits per heavy atom. The second kappa shape index (κ2) is 7.18. The minimum Gasteiger partial charge on any atom is -0.497 e. The maximum absolute atomic E-state index is 14.1. The number of anilines is 1. The highest BCUT2D eigenvalue weighted by molar-refractivity contribution is 7.91. The van der Waals surface area contributed by atoms with Crippen molar-refractivity contribution in [2.75, 3.05) is 30.1 Å². The third-order valence-corrected chi connectivity index (χ3v) is 7.08. The smallest absolute Gasteiger partial charge is 0.241 e. The molecule has 8 heteroatoms. The van der Waals surface area contributed by atoms with Gasteiger partial charge in [-0.25, -0.2) is 12.8 Å². The monoisotopic (exact) mass is 404 g/mol. The third kappa shape index (κ3) is 3.49. The normalized spacial score (nSPS) is 24.2. The maximum atomic E-state index is 14.1. The number of amides is 1. The van der Waals surface area contributed by atoms with Gasteiger partial charge >= 0.3 is 0 Å². The van der Waals surface area contributed by atoms with Crippen LogP contribution in [0.25, 0.3) is 0 Å². The van der Waals surface area contributed by atoms with Crippen LogP contribution in [-0.2, 0) is 21.2 Å². The van der Waals surface area contributed by atoms with E-state index in [-0.39, 0.29) is 42.4 Å². The van der Waals surface area contributed by atoms with Gasteiger partial charge in [0.05, 0.1) is 31.2 Å². The molecule has 0 aliphatic carbocycles. The van der Waals surface area contributed by atoms with Gasteiger partial charge in [-0.3, -0.25) is 9.69 Å². The molecule has 2 unspecified atom stereocenters. The van der Waals surface area contributed by atoms with Crippen molar-refractivity contribution >= 4 is 21.4 Å². The Labute approximate surface area is 163 Å². The van der Waals surface area contributed by atoms with Crippen LogP contribution in [0.15, 0.2) is 48.5 Å². The molecule has 2 heterocycles. The van der Waals surface area contributed by atoms with Crippen LogP contribution in [0, 0.1) is 5.82 Å². The Morgan fingerprint density at radius 2 is 1.75 bits per heavy atom. The van der Waals surface area contributed by atoms with E-state index in [2.05, 4.69) is 0 Å². The lowest BCUT2D eigenvalue weighted by Gasteiger charge is -2.43. The number of carbonyl (C=O) groups excluding carboxylic acids is 1. The fraction of sp³-hybridized carbons (Fsp3) is 0.350. The van der Waals surface area contributed by atoms with Gasteiger partial charge in [0.25, 0.3) is 0 Å². The van der Waals surface area contributed by atoms with Gasteiger partial charge in [0.15, 0.2) is 9.84 Å². The van der Waals surface area contributed by atoms with Crippen molar-refractivity contribution < 1.29 is 22.3 Å². The quantitative estimate of drug-likeness (QED) is 0.778. The van der Waals surface area contributed by atoms with Gasteiger partial charge in [-0.05, 0) is 30.3 Å². The minimum atomic E-state index is -3.30. The minimum absolute atomic E-state index is 0.0357. The molecule has 0 radical (unpaired) electrons. The van der Waals surface area contributed by atoms with Crippen LogP contribution in [0.3, 0.4) is 0 Å². The lowest BCUT2D eigenvalue weighted by atomic mass is 10.0. The number of fused-ring (bicyclic) bond motifs is 1. The molecule has 0 saturated carbocycles. The molecule has 6 nitrogen and oxygen atoms in total. The van der Waals surface area contributed by atoms with Gasteiger partial charge in [0.2, 0.25) is 5.91 Å². The number of methoxy groups -OCH3 is 1. The lowest BCUT2D eigenvalue weighted by Crippen LogP contribution is -2.61. The van der Waals surface area contributed by atoms with Crippen molar-refractivity contribution in [3.63, 3.8) is 0 Å². The fourth-order valence-electron chi connectivity index (χ4n) is 4.05. The van der Waals surface area contributed by atoms with E-state index in [1.54, 1.807) is 59.4 Å². The topological polar surface area (TPSA) is 66.9 Å². The van der Waals surface area contributed by atoms with E-state index in [0.717, 1.165) is 0 Å². The molecule has 2 aromatic rings. The number of carbonyl (C=O) groups is 1. The summed E-state index contributed by atoms with van der Waals surface area (Å²) < 4.78 is 44.0. The first-order valence-corrected chi connectivity index (χ1v) is 10.8. The van der Waals surface area contributed by atoms with Gasteiger partial charge in [-0.2, -0.15) is 0 Å². The first-order chi connectivity index (χ1) is 13.4. The molecular weight excluding hydrogens is 383 g/mol. The molecule has 2 aliphatic heterocycles. The summed E-state index contributed by atoms with van der Waals surface area (Å²) in [7, 11) is -1.74. The molecule has 2 atom stereocenters. The van der Waals surface area contributed by atoms with E-state index in [1.807, 2.05) is 0 Å². The standard InChI is InChI=1S/C20H21FN2O4S/c1-27-16-8-6-15(7-9-16)23-19-13-28(25,26)12-18(19)22(11-20(23)24)10-14-4-2-3-5-17(14)21/h2-9,18-19H,10-13H2,1H3. The zero-order chi connectivity index (χ0) is 19.9. The van der Waals surface area contributed by atoms with E-state index < -0.39 is 15.9 Å². The summed E-state index contributed by atoms with van der Waals surface area (Å²) in [5, 5.41) is 0. The van der Waals surface area contributed by atoms with E-state index in [9.17, 15) is 17.6 Å². The molecule has 1 amide bonds. The van der Waals surface area contributed by atoms with Crippen LogP contribution >= 0.6 is 0 Å². The molecule has 0 bridgehead atoms. The van der Waals surface area contributed by atoms with Crippen LogP contribution in [0.4, 0.5) is 10.1 Å². The van der Waals surface area contributed by atoms with Crippen LogP contribution in [-0.4, -0.2) is 56.5 Å². The molecule has 2 aromatic carbocycles. The Hall–Kier alpha value is -2.45. The summed E-state index contributed by atoms with van der Waals surface area (Å²) in [5.74, 6) is -0.0234. The molecule has 0 N–H and O–H groups in total. The van der Waals surface area contributed by atoms with Crippen molar-refractivity contribution in [3.05, 3.63) is 59.9 Å². The SMILES string of the molecule is COc1ccc(N2C(=O)CN(Cc3ccccc3F)C3CS(=O)(=O)CC32)cc1. The lowest BCUT2D eigenvalue weighted by molar-refractivity contribution is -0.123. The van der Waals surface area contributed by atoms with Crippen LogP contribution in [0.5, 0.6) is 5.75 Å². The number of hydrogen-bond donors (Lipinski definition) is 0. The first-order valence-electron chi connectivity index (χ1n) is 9.02. The average Bonchev–Trinajstić information content (AvgIpc) is 2.99. The van der Waals surface area contributed by atoms with E-state index in [4.69, 9.17) is 4.74 Å². The Bertz CT molecular complexity index is 994. The highest BCUT2D eigenvalue weighted by atomic mass is 32.2. The van der Waals surface area contributed by atoms with E-state index in [1.165, 1.54) is 6.07 Å². The summed E-state index contributed by atoms with van der Waals surface area (Å²) in [5.41, 5.74) is 1.10. The van der Waals surface area contributed by atoms with Gasteiger partial charge in [-0.15, -0.1) is 0 Å². The molecule has 148 valence electrons. The average molecular weight is 404 g/mol. The number of ether oxygens (including phenoxy) is 1. The molecule has 28 heavy (non-hydrogen) atoms. The number of nitrogens with zero attached hydrogens (tertiary/aromatic N) is 2. The number of benzene rings is 2. The maximum Gasteiger partial charge on any atom is 0.241 e. The fourth-order valence-corrected chi connectivity index (χ4v) is 6.04. The second-order valence-corrected chi connectivity index (χ2v) is 9.32. The van der Waals surface area contributed by atoms with Gasteiger partial charge in [0.1, 0.15) is 11.6 Å². The molecule has 2 saturated heterocycles. The molecule has 0 spiro atoms. The van der Waals surface area contributed by atoms with Gasteiger partial charge in [0, 0.05) is 23.8 Å². The molecular formula is C20H21FN2O4S. The summed E-state index contributed by atoms with van der Waals surface area (Å²) in [4.78, 5) is 16.3. The number of halogens is 1. The third-order valence-electron chi connectivity index (χ3n) is 5.38. The van der Waals surface area contributed by atoms with Crippen LogP contribution in [0.1, 0.15) is 5.56 Å². The van der Waals surface area contributed by atoms with Crippen molar-refractivity contribution in [1.29, 1.82) is 0 Å². The highest BCUT2D eigenvalue weighted by Gasteiger charge is 2.49. The summed E-state index contributed by atoms with van der Waals surface area (Å²) >= 11 is 0. The molecule has 0 aromatic heterocycles. The molecule has 2 aliphatic rings. The largest absolute Gasteiger partial charge is 0.497 e. The van der Waals surface area contributed by atoms with Crippen molar-refractivity contribution in [3.8, 4) is 5.75 Å². The Kier molecular flexibility index (Phi) is 4.84. The molecule has 4 rings (SSSR count). The van der Waals surface area contributed by atoms with E-state index in [0.29, 0.717) is 17.0 Å². The predicted molar refractivity (Wildman–Crippen MR) is 104 cm³/mol. The highest BCUT2D eigenvalue weighted by Crippen LogP contribution is 2.33. The number of sulfone groups is 1. The van der Waals surface area contributed by atoms with E-state index >= 15 is 0 Å². The number of piperazine rings is 1. The zero-order valence-electron chi connectivity index (χ0n) is 15.4. The summed E-state index contributed by atoms with van der Waals surface area (Å²) in [6.45, 7) is 0.239. The zero-order valence-corrected chi connectivity index (χ0v) is 16.2. The Balaban J connectivity index is 1.66. The first kappa shape index (κ1) is 18.9. The summed E-state index contributed by atoms with van der Waals surface area (Å²) in [6, 6.07) is 12.5. The van der Waals surface area contributed by atoms with Gasteiger partial charge < -0.3 is 9.64 Å². The van der Waals surface area contributed by atoms with Crippen LogP contribution < -0.4 is 9.64 Å². The van der Waals surface area contributed by atoms with Crippen LogP contribution in [0.2, 0.25) is 0 Å². The van der Waals surface area contributed by atoms with Crippen molar-refractivity contribution in [1.82, 2.24) is 4.90 Å². The second-order valence-electron chi connectivity index (χ2n) is 7.17. The summed E-state index contributed by atoms with van der Waals surface area (Å²) in [6.07, 6.45) is 0. The number of hydrogen-bond acceptors (Lipinski definition) is 5. The Morgan fingerprint density at radius 1 is 1.07 bits per heavy atom. The molecule has 2 fully saturated rings. The van der Waals surface area contributed by atoms with Crippen molar-refractivity contribution in [2.24, 2.45) is 0 Å². The van der Waals surface area contributed by atoms with Gasteiger partial charge in [-0.1, -0.05) is 18.2 Å². The number of rotatable bonds is 4.